The van der Waals surface area contributed by atoms with Crippen LogP contribution in [-0.2, 0) is 28.7 Å². The molecule has 9 heteroatoms. The molecule has 0 N–H and O–H groups in total. The molecule has 2 aromatic carbocycles. The van der Waals surface area contributed by atoms with Gasteiger partial charge in [0.15, 0.2) is 4.80 Å². The molecular weight excluding hydrogens is 493 g/mol. The zero-order valence-electron chi connectivity index (χ0n) is 17.0. The van der Waals surface area contributed by atoms with Gasteiger partial charge in [-0.15, -0.1) is 28.3 Å². The number of hydrogen-bond donors (Lipinski definition) is 0. The zero-order valence-corrected chi connectivity index (χ0v) is 19.5. The lowest BCUT2D eigenvalue weighted by Crippen LogP contribution is -2.22. The summed E-state index contributed by atoms with van der Waals surface area (Å²) in [5.41, 5.74) is 2.21. The summed E-state index contributed by atoms with van der Waals surface area (Å²) in [5.74, 6) is -0.437. The first kappa shape index (κ1) is 24.9. The Balaban J connectivity index is 0.00000341. The first-order valence-corrected chi connectivity index (χ1v) is 10.3. The Morgan fingerprint density at radius 1 is 1.13 bits per heavy atom. The Morgan fingerprint density at radius 3 is 2.45 bits per heavy atom. The molecule has 0 radical (unpaired) electrons. The van der Waals surface area contributed by atoms with E-state index >= 15 is 0 Å². The molecule has 166 valence electrons. The van der Waals surface area contributed by atoms with Crippen molar-refractivity contribution < 1.29 is 22.7 Å². The molecule has 4 nitrogen and oxygen atoms in total. The van der Waals surface area contributed by atoms with Gasteiger partial charge in [0, 0.05) is 5.38 Å². The topological polar surface area (TPSA) is 43.6 Å². The number of benzene rings is 2. The zero-order chi connectivity index (χ0) is 21.7. The first-order valence-electron chi connectivity index (χ1n) is 9.47. The number of alkyl halides is 3. The predicted octanol–water partition coefficient (Wildman–Crippen LogP) is 6.17. The van der Waals surface area contributed by atoms with Crippen LogP contribution in [0.25, 0.3) is 11.3 Å². The Labute approximate surface area is 192 Å². The third-order valence-corrected chi connectivity index (χ3v) is 5.31. The van der Waals surface area contributed by atoms with Gasteiger partial charge < -0.3 is 9.30 Å². The molecule has 1 aromatic heterocycles. The lowest BCUT2D eigenvalue weighted by molar-refractivity contribution is -0.143. The van der Waals surface area contributed by atoms with Gasteiger partial charge in [-0.3, -0.25) is 4.79 Å². The molecule has 0 saturated heterocycles. The quantitative estimate of drug-likeness (QED) is 0.369. The van der Waals surface area contributed by atoms with E-state index < -0.39 is 17.7 Å². The highest BCUT2D eigenvalue weighted by Crippen LogP contribution is 2.31. The summed E-state index contributed by atoms with van der Waals surface area (Å²) in [6, 6.07) is 12.7. The summed E-state index contributed by atoms with van der Waals surface area (Å²) < 4.78 is 45.8. The summed E-state index contributed by atoms with van der Waals surface area (Å²) in [7, 11) is 0. The molecule has 0 aliphatic rings. The van der Waals surface area contributed by atoms with Crippen molar-refractivity contribution in [2.24, 2.45) is 4.99 Å². The number of hydrogen-bond acceptors (Lipinski definition) is 4. The maximum atomic E-state index is 13.0. The number of halogens is 4. The Bertz CT molecular complexity index is 1090. The van der Waals surface area contributed by atoms with E-state index in [1.165, 1.54) is 29.0 Å². The number of aryl methyl sites for hydroxylation is 1. The fourth-order valence-electron chi connectivity index (χ4n) is 2.91. The van der Waals surface area contributed by atoms with Crippen molar-refractivity contribution in [1.82, 2.24) is 4.57 Å². The molecule has 0 fully saturated rings. The molecule has 1 heterocycles. The van der Waals surface area contributed by atoms with E-state index in [4.69, 9.17) is 4.74 Å². The number of rotatable bonds is 6. The van der Waals surface area contributed by atoms with E-state index in [0.717, 1.165) is 29.8 Å². The van der Waals surface area contributed by atoms with Crippen LogP contribution in [0, 0.1) is 0 Å². The molecule has 0 aliphatic carbocycles. The van der Waals surface area contributed by atoms with Crippen LogP contribution in [0.2, 0.25) is 0 Å². The lowest BCUT2D eigenvalue weighted by Gasteiger charge is -2.10. The van der Waals surface area contributed by atoms with Gasteiger partial charge in [0.25, 0.3) is 0 Å². The summed E-state index contributed by atoms with van der Waals surface area (Å²) >= 11 is 1.26. The minimum absolute atomic E-state index is 0. The standard InChI is InChI=1S/C22H21F3N2O2S.BrH/c1-3-15-8-10-16(11-9-15)19-14-30-21(27(19)13-20(28)29-4-2)26-18-7-5-6-17(12-18)22(23,24)25;/h5-12,14H,3-4,13H2,1-2H3;1H. The van der Waals surface area contributed by atoms with Crippen molar-refractivity contribution in [3.63, 3.8) is 0 Å². The Morgan fingerprint density at radius 2 is 1.84 bits per heavy atom. The molecule has 0 atom stereocenters. The third-order valence-electron chi connectivity index (χ3n) is 4.45. The van der Waals surface area contributed by atoms with Crippen molar-refractivity contribution in [2.75, 3.05) is 6.61 Å². The smallest absolute Gasteiger partial charge is 0.416 e. The molecule has 3 rings (SSSR count). The summed E-state index contributed by atoms with van der Waals surface area (Å²) in [5, 5.41) is 1.84. The largest absolute Gasteiger partial charge is 0.465 e. The summed E-state index contributed by atoms with van der Waals surface area (Å²) in [4.78, 5) is 17.0. The minimum Gasteiger partial charge on any atom is -0.465 e. The van der Waals surface area contributed by atoms with E-state index in [0.29, 0.717) is 4.80 Å². The fourth-order valence-corrected chi connectivity index (χ4v) is 3.84. The van der Waals surface area contributed by atoms with Crippen LogP contribution in [0.1, 0.15) is 25.0 Å². The number of esters is 1. The highest BCUT2D eigenvalue weighted by Gasteiger charge is 2.30. The van der Waals surface area contributed by atoms with Gasteiger partial charge in [0.2, 0.25) is 0 Å². The van der Waals surface area contributed by atoms with Crippen molar-refractivity contribution in [2.45, 2.75) is 33.0 Å². The van der Waals surface area contributed by atoms with E-state index in [1.54, 1.807) is 11.5 Å². The lowest BCUT2D eigenvalue weighted by atomic mass is 10.1. The average molecular weight is 515 g/mol. The van der Waals surface area contributed by atoms with E-state index in [2.05, 4.69) is 11.9 Å². The van der Waals surface area contributed by atoms with Crippen LogP contribution in [0.15, 0.2) is 58.9 Å². The van der Waals surface area contributed by atoms with E-state index in [1.807, 2.05) is 29.6 Å². The summed E-state index contributed by atoms with van der Waals surface area (Å²) in [6.45, 7) is 3.94. The first-order chi connectivity index (χ1) is 14.3. The number of carbonyl (C=O) groups is 1. The monoisotopic (exact) mass is 514 g/mol. The van der Waals surface area contributed by atoms with Gasteiger partial charge in [-0.1, -0.05) is 37.3 Å². The second-order valence-corrected chi connectivity index (χ2v) is 7.34. The number of aromatic nitrogens is 1. The van der Waals surface area contributed by atoms with Crippen LogP contribution in [-0.4, -0.2) is 17.1 Å². The van der Waals surface area contributed by atoms with Gasteiger partial charge in [-0.05, 0) is 42.7 Å². The second-order valence-electron chi connectivity index (χ2n) is 6.51. The van der Waals surface area contributed by atoms with Gasteiger partial charge >= 0.3 is 12.1 Å². The predicted molar refractivity (Wildman–Crippen MR) is 121 cm³/mol. The maximum absolute atomic E-state index is 13.0. The summed E-state index contributed by atoms with van der Waals surface area (Å²) in [6.07, 6.45) is -3.54. The highest BCUT2D eigenvalue weighted by molar-refractivity contribution is 8.93. The van der Waals surface area contributed by atoms with Crippen LogP contribution in [0.5, 0.6) is 0 Å². The van der Waals surface area contributed by atoms with E-state index in [9.17, 15) is 18.0 Å². The minimum atomic E-state index is -4.45. The van der Waals surface area contributed by atoms with Crippen LogP contribution in [0.3, 0.4) is 0 Å². The van der Waals surface area contributed by atoms with Crippen molar-refractivity contribution in [1.29, 1.82) is 0 Å². The SMILES string of the molecule is Br.CCOC(=O)Cn1c(-c2ccc(CC)cc2)csc1=Nc1cccc(C(F)(F)F)c1. The van der Waals surface area contributed by atoms with Crippen molar-refractivity contribution >= 4 is 40.0 Å². The van der Waals surface area contributed by atoms with Gasteiger partial charge in [0.1, 0.15) is 6.54 Å². The number of thiazole rings is 1. The van der Waals surface area contributed by atoms with Crippen molar-refractivity contribution in [3.8, 4) is 11.3 Å². The normalized spacial score (nSPS) is 11.8. The molecule has 0 saturated carbocycles. The number of carbonyl (C=O) groups excluding carboxylic acids is 1. The van der Waals surface area contributed by atoms with Crippen LogP contribution >= 0.6 is 28.3 Å². The average Bonchev–Trinajstić information content (AvgIpc) is 3.10. The third kappa shape index (κ3) is 6.30. The van der Waals surface area contributed by atoms with Gasteiger partial charge in [-0.25, -0.2) is 4.99 Å². The van der Waals surface area contributed by atoms with Gasteiger partial charge in [-0.2, -0.15) is 13.2 Å². The molecule has 0 amide bonds. The molecular formula is C22H22BrF3N2O2S. The molecule has 0 unspecified atom stereocenters. The van der Waals surface area contributed by atoms with Crippen LogP contribution < -0.4 is 4.80 Å². The van der Waals surface area contributed by atoms with Crippen LogP contribution in [0.4, 0.5) is 18.9 Å². The maximum Gasteiger partial charge on any atom is 0.416 e. The molecule has 0 bridgehead atoms. The fraction of sp³-hybridized carbons (Fsp3) is 0.273. The number of ether oxygens (including phenoxy) is 1. The van der Waals surface area contributed by atoms with Gasteiger partial charge in [0.05, 0.1) is 23.6 Å². The highest BCUT2D eigenvalue weighted by atomic mass is 79.9. The number of nitrogens with zero attached hydrogens (tertiary/aromatic N) is 2. The molecule has 0 aliphatic heterocycles. The second kappa shape index (κ2) is 10.8. The Kier molecular flexibility index (Phi) is 8.64. The molecule has 0 spiro atoms. The van der Waals surface area contributed by atoms with E-state index in [-0.39, 0.29) is 35.8 Å². The van der Waals surface area contributed by atoms with Crippen molar-refractivity contribution in [3.05, 3.63) is 69.8 Å². The Hall–Kier alpha value is -2.39. The molecule has 31 heavy (non-hydrogen) atoms. The molecule has 3 aromatic rings.